The van der Waals surface area contributed by atoms with E-state index in [-0.39, 0.29) is 0 Å². The maximum Gasteiger partial charge on any atom is 0.135 e. The molecule has 51 heavy (non-hydrogen) atoms. The first-order valence-electron chi connectivity index (χ1n) is 17.4. The highest BCUT2D eigenvalue weighted by atomic mass is 16.3. The van der Waals surface area contributed by atoms with Crippen molar-refractivity contribution in [1.82, 2.24) is 4.57 Å². The molecular formula is C48H30N2O. The molecule has 3 heteroatoms. The molecule has 2 heterocycles. The minimum absolute atomic E-state index is 0.885. The molecule has 11 aromatic rings. The van der Waals surface area contributed by atoms with Gasteiger partial charge in [-0.3, -0.25) is 0 Å². The highest BCUT2D eigenvalue weighted by molar-refractivity contribution is 6.22. The molecule has 0 fully saturated rings. The highest BCUT2D eigenvalue weighted by Crippen LogP contribution is 2.46. The van der Waals surface area contributed by atoms with E-state index in [1.807, 2.05) is 12.1 Å². The molecule has 0 aliphatic heterocycles. The molecule has 9 aromatic carbocycles. The number of hydrogen-bond donors (Lipinski definition) is 0. The van der Waals surface area contributed by atoms with Crippen LogP contribution in [0.3, 0.4) is 0 Å². The van der Waals surface area contributed by atoms with E-state index in [4.69, 9.17) is 4.42 Å². The predicted octanol–water partition coefficient (Wildman–Crippen LogP) is 13.6. The summed E-state index contributed by atoms with van der Waals surface area (Å²) < 4.78 is 8.68. The van der Waals surface area contributed by atoms with Crippen molar-refractivity contribution in [2.24, 2.45) is 0 Å². The van der Waals surface area contributed by atoms with Crippen LogP contribution in [0.4, 0.5) is 17.1 Å². The van der Waals surface area contributed by atoms with E-state index in [2.05, 4.69) is 179 Å². The van der Waals surface area contributed by atoms with E-state index in [1.54, 1.807) is 0 Å². The van der Waals surface area contributed by atoms with Gasteiger partial charge in [-0.05, 0) is 93.7 Å². The molecule has 0 radical (unpaired) electrons. The summed E-state index contributed by atoms with van der Waals surface area (Å²) in [7, 11) is 0. The fraction of sp³-hybridized carbons (Fsp3) is 0. The molecule has 3 nitrogen and oxygen atoms in total. The largest absolute Gasteiger partial charge is 0.456 e. The maximum absolute atomic E-state index is 6.30. The van der Waals surface area contributed by atoms with E-state index in [1.165, 1.54) is 54.1 Å². The highest BCUT2D eigenvalue weighted by Gasteiger charge is 2.21. The monoisotopic (exact) mass is 650 g/mol. The van der Waals surface area contributed by atoms with Crippen LogP contribution < -0.4 is 4.90 Å². The van der Waals surface area contributed by atoms with Crippen LogP contribution in [0.5, 0.6) is 0 Å². The van der Waals surface area contributed by atoms with Crippen molar-refractivity contribution in [3.63, 3.8) is 0 Å². The Balaban J connectivity index is 1.25. The summed E-state index contributed by atoms with van der Waals surface area (Å²) in [6, 6.07) is 65.7. The Hall–Kier alpha value is -6.84. The number of aromatic nitrogens is 1. The topological polar surface area (TPSA) is 21.3 Å². The Morgan fingerprint density at radius 3 is 1.82 bits per heavy atom. The first-order valence-corrected chi connectivity index (χ1v) is 17.4. The van der Waals surface area contributed by atoms with Gasteiger partial charge < -0.3 is 13.9 Å². The number of rotatable bonds is 4. The number of benzene rings is 9. The van der Waals surface area contributed by atoms with E-state index < -0.39 is 0 Å². The smallest absolute Gasteiger partial charge is 0.135 e. The molecule has 11 rings (SSSR count). The molecule has 0 saturated heterocycles. The third kappa shape index (κ3) is 4.19. The molecular weight excluding hydrogens is 621 g/mol. The molecule has 0 atom stereocenters. The summed E-state index contributed by atoms with van der Waals surface area (Å²) in [5.41, 5.74) is 8.60. The first kappa shape index (κ1) is 28.0. The summed E-state index contributed by atoms with van der Waals surface area (Å²) >= 11 is 0. The molecule has 0 aliphatic rings. The molecule has 0 unspecified atom stereocenters. The minimum Gasteiger partial charge on any atom is -0.456 e. The van der Waals surface area contributed by atoms with Gasteiger partial charge in [0.2, 0.25) is 0 Å². The Morgan fingerprint density at radius 1 is 0.353 bits per heavy atom. The van der Waals surface area contributed by atoms with Crippen molar-refractivity contribution < 1.29 is 4.42 Å². The lowest BCUT2D eigenvalue weighted by atomic mass is 9.95. The molecule has 0 N–H and O–H groups in total. The zero-order valence-electron chi connectivity index (χ0n) is 27.6. The van der Waals surface area contributed by atoms with Crippen molar-refractivity contribution in [1.29, 1.82) is 0 Å². The summed E-state index contributed by atoms with van der Waals surface area (Å²) in [4.78, 5) is 2.44. The lowest BCUT2D eigenvalue weighted by Gasteiger charge is -2.28. The van der Waals surface area contributed by atoms with Crippen LogP contribution in [-0.2, 0) is 0 Å². The predicted molar refractivity (Wildman–Crippen MR) is 215 cm³/mol. The van der Waals surface area contributed by atoms with E-state index >= 15 is 0 Å². The maximum atomic E-state index is 6.30. The van der Waals surface area contributed by atoms with Gasteiger partial charge in [-0.1, -0.05) is 115 Å². The van der Waals surface area contributed by atoms with Crippen LogP contribution >= 0.6 is 0 Å². The van der Waals surface area contributed by atoms with E-state index in [0.29, 0.717) is 0 Å². The molecule has 0 saturated carbocycles. The lowest BCUT2D eigenvalue weighted by Crippen LogP contribution is -2.10. The Kier molecular flexibility index (Phi) is 5.96. The number of anilines is 3. The van der Waals surface area contributed by atoms with Crippen molar-refractivity contribution in [3.8, 4) is 5.69 Å². The van der Waals surface area contributed by atoms with Crippen molar-refractivity contribution in [2.45, 2.75) is 0 Å². The number of fused-ring (bicyclic) bond motifs is 11. The third-order valence-corrected chi connectivity index (χ3v) is 10.5. The van der Waals surface area contributed by atoms with Gasteiger partial charge in [-0.25, -0.2) is 0 Å². The quantitative estimate of drug-likeness (QED) is 0.177. The van der Waals surface area contributed by atoms with Gasteiger partial charge in [-0.2, -0.15) is 0 Å². The summed E-state index contributed by atoms with van der Waals surface area (Å²) in [6.45, 7) is 0. The second-order valence-corrected chi connectivity index (χ2v) is 13.3. The Bertz CT molecular complexity index is 3150. The molecule has 0 spiro atoms. The fourth-order valence-corrected chi connectivity index (χ4v) is 8.26. The summed E-state index contributed by atoms with van der Waals surface area (Å²) in [5.74, 6) is 0. The van der Waals surface area contributed by atoms with Crippen molar-refractivity contribution in [3.05, 3.63) is 182 Å². The standard InChI is InChI=1S/C48H30N2O/c1-2-13-32(14-3-1)50-44-20-10-8-18-39(44)42-28-33(23-26-45(42)50)49(34-24-27-48-43(29-34)40-19-9-11-21-47(40)51-48)46-30-41-35-15-5-4-12-31(35)22-25-37(41)36-16-6-7-17-38(36)46/h1-30H. The summed E-state index contributed by atoms with van der Waals surface area (Å²) in [5, 5.41) is 12.1. The number of furan rings is 1. The molecule has 238 valence electrons. The van der Waals surface area contributed by atoms with Gasteiger partial charge in [0.15, 0.2) is 0 Å². The number of para-hydroxylation sites is 3. The lowest BCUT2D eigenvalue weighted by molar-refractivity contribution is 0.669. The number of hydrogen-bond acceptors (Lipinski definition) is 2. The molecule has 2 aromatic heterocycles. The van der Waals surface area contributed by atoms with Crippen LogP contribution in [0.2, 0.25) is 0 Å². The Morgan fingerprint density at radius 2 is 0.961 bits per heavy atom. The summed E-state index contributed by atoms with van der Waals surface area (Å²) in [6.07, 6.45) is 0. The average Bonchev–Trinajstić information content (AvgIpc) is 3.73. The molecule has 0 aliphatic carbocycles. The van der Waals surface area contributed by atoms with E-state index in [0.717, 1.165) is 44.7 Å². The van der Waals surface area contributed by atoms with Crippen LogP contribution in [0, 0.1) is 0 Å². The second-order valence-electron chi connectivity index (χ2n) is 13.3. The molecule has 0 bridgehead atoms. The van der Waals surface area contributed by atoms with Crippen molar-refractivity contribution in [2.75, 3.05) is 4.90 Å². The van der Waals surface area contributed by atoms with Crippen molar-refractivity contribution >= 4 is 93.1 Å². The van der Waals surface area contributed by atoms with Crippen LogP contribution in [-0.4, -0.2) is 4.57 Å². The van der Waals surface area contributed by atoms with Gasteiger partial charge in [0, 0.05) is 44.0 Å². The minimum atomic E-state index is 0.885. The van der Waals surface area contributed by atoms with E-state index in [9.17, 15) is 0 Å². The second kappa shape index (κ2) is 10.8. The zero-order chi connectivity index (χ0) is 33.5. The SMILES string of the molecule is c1ccc(-n2c3ccccc3c3cc(N(c4ccc5oc6ccccc6c5c4)c4cc5c6ccccc6ccc5c5ccccc45)ccc32)cc1. The van der Waals surface area contributed by atoms with Gasteiger partial charge in [-0.15, -0.1) is 0 Å². The Labute approximate surface area is 293 Å². The average molecular weight is 651 g/mol. The van der Waals surface area contributed by atoms with Gasteiger partial charge in [0.1, 0.15) is 11.2 Å². The fourth-order valence-electron chi connectivity index (χ4n) is 8.26. The first-order chi connectivity index (χ1) is 25.3. The third-order valence-electron chi connectivity index (χ3n) is 10.5. The van der Waals surface area contributed by atoms with Gasteiger partial charge >= 0.3 is 0 Å². The van der Waals surface area contributed by atoms with Gasteiger partial charge in [0.05, 0.1) is 16.7 Å². The molecule has 0 amide bonds. The van der Waals surface area contributed by atoms with Crippen LogP contribution in [0.1, 0.15) is 0 Å². The zero-order valence-corrected chi connectivity index (χ0v) is 27.6. The normalized spacial score (nSPS) is 11.9. The van der Waals surface area contributed by atoms with Crippen LogP contribution in [0.25, 0.3) is 81.7 Å². The van der Waals surface area contributed by atoms with Crippen LogP contribution in [0.15, 0.2) is 186 Å². The van der Waals surface area contributed by atoms with Gasteiger partial charge in [0.25, 0.3) is 0 Å². The number of nitrogens with zero attached hydrogens (tertiary/aromatic N) is 2.